The first kappa shape index (κ1) is 12.3. The maximum absolute atomic E-state index is 10.1. The SMILES string of the molecule is CCC1CCC(O)C(N2CCN(C)CC2)C1. The van der Waals surface area contributed by atoms with Crippen LogP contribution in [-0.2, 0) is 0 Å². The molecule has 1 saturated heterocycles. The van der Waals surface area contributed by atoms with Gasteiger partial charge < -0.3 is 10.0 Å². The van der Waals surface area contributed by atoms with Crippen molar-refractivity contribution in [2.75, 3.05) is 33.2 Å². The van der Waals surface area contributed by atoms with Crippen LogP contribution in [0.3, 0.4) is 0 Å². The molecule has 0 aromatic rings. The summed E-state index contributed by atoms with van der Waals surface area (Å²) >= 11 is 0. The van der Waals surface area contributed by atoms with Gasteiger partial charge in [-0.3, -0.25) is 4.90 Å². The lowest BCUT2D eigenvalue weighted by Crippen LogP contribution is -2.54. The van der Waals surface area contributed by atoms with E-state index >= 15 is 0 Å². The van der Waals surface area contributed by atoms with Gasteiger partial charge in [0.15, 0.2) is 0 Å². The molecule has 94 valence electrons. The maximum Gasteiger partial charge on any atom is 0.0695 e. The lowest BCUT2D eigenvalue weighted by atomic mass is 9.81. The van der Waals surface area contributed by atoms with Crippen LogP contribution in [0.25, 0.3) is 0 Å². The molecule has 16 heavy (non-hydrogen) atoms. The van der Waals surface area contributed by atoms with E-state index in [2.05, 4.69) is 23.8 Å². The number of nitrogens with zero attached hydrogens (tertiary/aromatic N) is 2. The molecule has 0 aromatic heterocycles. The van der Waals surface area contributed by atoms with Gasteiger partial charge in [0.05, 0.1) is 6.10 Å². The van der Waals surface area contributed by atoms with Crippen LogP contribution in [0, 0.1) is 5.92 Å². The maximum atomic E-state index is 10.1. The zero-order valence-corrected chi connectivity index (χ0v) is 10.7. The minimum atomic E-state index is -0.0776. The van der Waals surface area contributed by atoms with Crippen LogP contribution in [0.4, 0.5) is 0 Å². The van der Waals surface area contributed by atoms with E-state index in [0.29, 0.717) is 6.04 Å². The quantitative estimate of drug-likeness (QED) is 0.766. The van der Waals surface area contributed by atoms with Crippen LogP contribution in [-0.4, -0.2) is 60.3 Å². The minimum Gasteiger partial charge on any atom is -0.391 e. The summed E-state index contributed by atoms with van der Waals surface area (Å²) in [5.41, 5.74) is 0. The van der Waals surface area contributed by atoms with Gasteiger partial charge in [-0.2, -0.15) is 0 Å². The Labute approximate surface area is 99.4 Å². The van der Waals surface area contributed by atoms with Crippen molar-refractivity contribution in [2.45, 2.75) is 44.8 Å². The number of likely N-dealkylation sites (N-methyl/N-ethyl adjacent to an activating group) is 1. The molecule has 2 fully saturated rings. The van der Waals surface area contributed by atoms with Crippen molar-refractivity contribution in [3.05, 3.63) is 0 Å². The first-order valence-corrected chi connectivity index (χ1v) is 6.81. The third-order valence-corrected chi connectivity index (χ3v) is 4.47. The second kappa shape index (κ2) is 5.48. The Bertz CT molecular complexity index is 214. The minimum absolute atomic E-state index is 0.0776. The van der Waals surface area contributed by atoms with Crippen LogP contribution >= 0.6 is 0 Å². The molecule has 1 aliphatic heterocycles. The van der Waals surface area contributed by atoms with E-state index in [1.165, 1.54) is 19.3 Å². The molecule has 3 atom stereocenters. The Morgan fingerprint density at radius 3 is 2.44 bits per heavy atom. The topological polar surface area (TPSA) is 26.7 Å². The van der Waals surface area contributed by atoms with Gasteiger partial charge in [0, 0.05) is 32.2 Å². The lowest BCUT2D eigenvalue weighted by Gasteiger charge is -2.43. The predicted octanol–water partition coefficient (Wildman–Crippen LogP) is 1.17. The van der Waals surface area contributed by atoms with E-state index in [-0.39, 0.29) is 6.10 Å². The van der Waals surface area contributed by atoms with Gasteiger partial charge in [0.2, 0.25) is 0 Å². The van der Waals surface area contributed by atoms with Gasteiger partial charge in [-0.25, -0.2) is 0 Å². The first-order valence-electron chi connectivity index (χ1n) is 6.81. The third kappa shape index (κ3) is 2.76. The first-order chi connectivity index (χ1) is 7.70. The van der Waals surface area contributed by atoms with Crippen LogP contribution in [0.1, 0.15) is 32.6 Å². The van der Waals surface area contributed by atoms with E-state index < -0.39 is 0 Å². The second-order valence-corrected chi connectivity index (χ2v) is 5.56. The standard InChI is InChI=1S/C13H26N2O/c1-3-11-4-5-13(16)12(10-11)15-8-6-14(2)7-9-15/h11-13,16H,3-10H2,1-2H3. The highest BCUT2D eigenvalue weighted by Gasteiger charge is 2.33. The largest absolute Gasteiger partial charge is 0.391 e. The van der Waals surface area contributed by atoms with Crippen LogP contribution in [0.5, 0.6) is 0 Å². The molecule has 3 nitrogen and oxygen atoms in total. The molecule has 2 rings (SSSR count). The molecule has 0 radical (unpaired) electrons. The van der Waals surface area contributed by atoms with Gasteiger partial charge in [-0.05, 0) is 32.2 Å². The highest BCUT2D eigenvalue weighted by molar-refractivity contribution is 4.88. The number of piperazine rings is 1. The molecular formula is C13H26N2O. The fourth-order valence-corrected chi connectivity index (χ4v) is 3.13. The Morgan fingerprint density at radius 1 is 1.12 bits per heavy atom. The van der Waals surface area contributed by atoms with E-state index in [4.69, 9.17) is 0 Å². The number of aliphatic hydroxyl groups is 1. The third-order valence-electron chi connectivity index (χ3n) is 4.47. The average Bonchev–Trinajstić information content (AvgIpc) is 2.31. The Morgan fingerprint density at radius 2 is 1.81 bits per heavy atom. The molecule has 1 heterocycles. The van der Waals surface area contributed by atoms with Crippen molar-refractivity contribution in [3.8, 4) is 0 Å². The molecule has 0 aromatic carbocycles. The van der Waals surface area contributed by atoms with Gasteiger partial charge >= 0.3 is 0 Å². The fourth-order valence-electron chi connectivity index (χ4n) is 3.13. The van der Waals surface area contributed by atoms with E-state index in [1.807, 2.05) is 0 Å². The molecule has 3 heteroatoms. The van der Waals surface area contributed by atoms with E-state index in [0.717, 1.165) is 38.5 Å². The summed E-state index contributed by atoms with van der Waals surface area (Å²) in [7, 11) is 2.18. The fraction of sp³-hybridized carbons (Fsp3) is 1.00. The Hall–Kier alpha value is -0.120. The lowest BCUT2D eigenvalue weighted by molar-refractivity contribution is -0.0145. The molecular weight excluding hydrogens is 200 g/mol. The Kier molecular flexibility index (Phi) is 4.22. The summed E-state index contributed by atoms with van der Waals surface area (Å²) in [6.45, 7) is 6.85. The second-order valence-electron chi connectivity index (χ2n) is 5.56. The summed E-state index contributed by atoms with van der Waals surface area (Å²) in [4.78, 5) is 4.90. The summed E-state index contributed by atoms with van der Waals surface area (Å²) < 4.78 is 0. The zero-order chi connectivity index (χ0) is 11.5. The summed E-state index contributed by atoms with van der Waals surface area (Å²) in [6, 6.07) is 0.437. The summed E-state index contributed by atoms with van der Waals surface area (Å²) in [5, 5.41) is 10.1. The van der Waals surface area contributed by atoms with Crippen molar-refractivity contribution < 1.29 is 5.11 Å². The molecule has 1 N–H and O–H groups in total. The van der Waals surface area contributed by atoms with Gasteiger partial charge in [-0.1, -0.05) is 13.3 Å². The molecule has 0 bridgehead atoms. The number of hydrogen-bond acceptors (Lipinski definition) is 3. The summed E-state index contributed by atoms with van der Waals surface area (Å²) in [6.07, 6.45) is 4.64. The monoisotopic (exact) mass is 226 g/mol. The predicted molar refractivity (Wildman–Crippen MR) is 66.5 cm³/mol. The van der Waals surface area contributed by atoms with E-state index in [1.54, 1.807) is 0 Å². The zero-order valence-electron chi connectivity index (χ0n) is 10.7. The van der Waals surface area contributed by atoms with Crippen molar-refractivity contribution in [3.63, 3.8) is 0 Å². The van der Waals surface area contributed by atoms with E-state index in [9.17, 15) is 5.11 Å². The number of aliphatic hydroxyl groups excluding tert-OH is 1. The van der Waals surface area contributed by atoms with Gasteiger partial charge in [0.1, 0.15) is 0 Å². The van der Waals surface area contributed by atoms with Crippen LogP contribution < -0.4 is 0 Å². The molecule has 0 spiro atoms. The van der Waals surface area contributed by atoms with Gasteiger partial charge in [0.25, 0.3) is 0 Å². The molecule has 1 aliphatic carbocycles. The molecule has 3 unspecified atom stereocenters. The van der Waals surface area contributed by atoms with Crippen molar-refractivity contribution in [1.82, 2.24) is 9.80 Å². The average molecular weight is 226 g/mol. The number of rotatable bonds is 2. The van der Waals surface area contributed by atoms with Gasteiger partial charge in [-0.15, -0.1) is 0 Å². The van der Waals surface area contributed by atoms with Crippen LogP contribution in [0.15, 0.2) is 0 Å². The smallest absolute Gasteiger partial charge is 0.0695 e. The highest BCUT2D eigenvalue weighted by atomic mass is 16.3. The molecule has 2 aliphatic rings. The normalized spacial score (nSPS) is 38.8. The highest BCUT2D eigenvalue weighted by Crippen LogP contribution is 2.30. The molecule has 0 amide bonds. The number of hydrogen-bond donors (Lipinski definition) is 1. The Balaban J connectivity index is 1.90. The summed E-state index contributed by atoms with van der Waals surface area (Å²) in [5.74, 6) is 0.841. The van der Waals surface area contributed by atoms with Crippen molar-refractivity contribution in [1.29, 1.82) is 0 Å². The van der Waals surface area contributed by atoms with Crippen LogP contribution in [0.2, 0.25) is 0 Å². The molecule has 1 saturated carbocycles. The van der Waals surface area contributed by atoms with Crippen molar-refractivity contribution >= 4 is 0 Å². The van der Waals surface area contributed by atoms with Crippen molar-refractivity contribution in [2.24, 2.45) is 5.92 Å².